The van der Waals surface area contributed by atoms with Crippen molar-refractivity contribution in [2.24, 2.45) is 0 Å². The van der Waals surface area contributed by atoms with Gasteiger partial charge < -0.3 is 15.1 Å². The normalized spacial score (nSPS) is 17.0. The van der Waals surface area contributed by atoms with Gasteiger partial charge in [-0.1, -0.05) is 12.1 Å². The highest BCUT2D eigenvalue weighted by molar-refractivity contribution is 5.94. The van der Waals surface area contributed by atoms with E-state index in [0.717, 1.165) is 18.2 Å². The Morgan fingerprint density at radius 1 is 1.25 bits per heavy atom. The molecule has 0 bridgehead atoms. The summed E-state index contributed by atoms with van der Waals surface area (Å²) in [6.07, 6.45) is -1.20. The second kappa shape index (κ2) is 8.90. The molecule has 6 nitrogen and oxygen atoms in total. The van der Waals surface area contributed by atoms with E-state index in [4.69, 9.17) is 0 Å². The van der Waals surface area contributed by atoms with Crippen LogP contribution in [0, 0.1) is 0 Å². The quantitative estimate of drug-likeness (QED) is 0.772. The highest BCUT2D eigenvalue weighted by atomic mass is 19.4. The number of nitrogens with zero attached hydrogens (tertiary/aromatic N) is 2. The molecule has 2 rings (SSSR count). The van der Waals surface area contributed by atoms with Crippen LogP contribution in [0.2, 0.25) is 0 Å². The molecule has 1 atom stereocenters. The van der Waals surface area contributed by atoms with E-state index >= 15 is 0 Å². The van der Waals surface area contributed by atoms with E-state index in [2.05, 4.69) is 5.32 Å². The molecular weight excluding hydrogens is 375 g/mol. The molecule has 1 fully saturated rings. The van der Waals surface area contributed by atoms with Gasteiger partial charge in [0, 0.05) is 33.1 Å². The van der Waals surface area contributed by atoms with Crippen LogP contribution < -0.4 is 5.32 Å². The lowest BCUT2D eigenvalue weighted by Crippen LogP contribution is -2.42. The van der Waals surface area contributed by atoms with E-state index in [1.165, 1.54) is 25.1 Å². The van der Waals surface area contributed by atoms with Crippen LogP contribution in [0.5, 0.6) is 0 Å². The molecular formula is C19H22F3N3O3. The Morgan fingerprint density at radius 2 is 1.89 bits per heavy atom. The van der Waals surface area contributed by atoms with Crippen LogP contribution in [0.4, 0.5) is 13.2 Å². The first-order valence-electron chi connectivity index (χ1n) is 8.72. The van der Waals surface area contributed by atoms with Crippen LogP contribution in [0.15, 0.2) is 30.3 Å². The van der Waals surface area contributed by atoms with E-state index in [9.17, 15) is 27.6 Å². The summed E-state index contributed by atoms with van der Waals surface area (Å²) < 4.78 is 37.5. The minimum absolute atomic E-state index is 0.0308. The number of halogens is 3. The third-order valence-corrected chi connectivity index (χ3v) is 4.64. The zero-order chi connectivity index (χ0) is 20.9. The number of carbonyl (C=O) groups is 3. The minimum atomic E-state index is -4.41. The SMILES string of the molecule is CC(=O)N(C)[C@H]1CCN(C(=O)CNC(=O)/C=C/c2ccc(C(F)(F)F)cc2)C1. The van der Waals surface area contributed by atoms with E-state index in [-0.39, 0.29) is 24.4 Å². The van der Waals surface area contributed by atoms with Crippen LogP contribution in [-0.2, 0) is 20.6 Å². The predicted octanol–water partition coefficient (Wildman–Crippen LogP) is 1.91. The lowest BCUT2D eigenvalue weighted by atomic mass is 10.1. The van der Waals surface area contributed by atoms with Gasteiger partial charge in [-0.2, -0.15) is 13.2 Å². The van der Waals surface area contributed by atoms with Crippen molar-refractivity contribution in [2.75, 3.05) is 26.7 Å². The lowest BCUT2D eigenvalue weighted by molar-refractivity contribution is -0.137. The van der Waals surface area contributed by atoms with Gasteiger partial charge in [0.05, 0.1) is 18.2 Å². The first-order valence-corrected chi connectivity index (χ1v) is 8.72. The number of nitrogens with one attached hydrogen (secondary N) is 1. The number of benzene rings is 1. The number of likely N-dealkylation sites (tertiary alicyclic amines) is 1. The summed E-state index contributed by atoms with van der Waals surface area (Å²) in [7, 11) is 1.69. The van der Waals surface area contributed by atoms with Gasteiger partial charge in [0.1, 0.15) is 0 Å². The van der Waals surface area contributed by atoms with Crippen molar-refractivity contribution in [3.05, 3.63) is 41.5 Å². The van der Waals surface area contributed by atoms with Gasteiger partial charge >= 0.3 is 6.18 Å². The number of rotatable bonds is 5. The van der Waals surface area contributed by atoms with Gasteiger partial charge in [-0.25, -0.2) is 0 Å². The summed E-state index contributed by atoms with van der Waals surface area (Å²) in [5.41, 5.74) is -0.330. The average molecular weight is 397 g/mol. The van der Waals surface area contributed by atoms with Crippen molar-refractivity contribution in [3.63, 3.8) is 0 Å². The maximum atomic E-state index is 12.5. The Hall–Kier alpha value is -2.84. The Labute approximate surface area is 161 Å². The van der Waals surface area contributed by atoms with Crippen molar-refractivity contribution >= 4 is 23.8 Å². The van der Waals surface area contributed by atoms with Crippen molar-refractivity contribution in [1.82, 2.24) is 15.1 Å². The van der Waals surface area contributed by atoms with Crippen LogP contribution >= 0.6 is 0 Å². The molecule has 0 aromatic heterocycles. The summed E-state index contributed by atoms with van der Waals surface area (Å²) in [4.78, 5) is 38.6. The number of alkyl halides is 3. The molecule has 152 valence electrons. The standard InChI is InChI=1S/C19H22F3N3O3/c1-13(26)24(2)16-9-10-25(12-16)18(28)11-23-17(27)8-5-14-3-6-15(7-4-14)19(20,21)22/h3-8,16H,9-12H2,1-2H3,(H,23,27)/b8-5+/t16-/m0/s1. The topological polar surface area (TPSA) is 69.7 Å². The van der Waals surface area contributed by atoms with Gasteiger partial charge in [-0.3, -0.25) is 14.4 Å². The average Bonchev–Trinajstić information content (AvgIpc) is 3.13. The van der Waals surface area contributed by atoms with Crippen LogP contribution in [0.25, 0.3) is 6.08 Å². The van der Waals surface area contributed by atoms with Gasteiger partial charge in [0.15, 0.2) is 0 Å². The fourth-order valence-electron chi connectivity index (χ4n) is 2.83. The summed E-state index contributed by atoms with van der Waals surface area (Å²) in [5.74, 6) is -0.846. The third-order valence-electron chi connectivity index (χ3n) is 4.64. The summed E-state index contributed by atoms with van der Waals surface area (Å²) in [6.45, 7) is 2.21. The van der Waals surface area contributed by atoms with Crippen LogP contribution in [0.3, 0.4) is 0 Å². The van der Waals surface area contributed by atoms with Crippen molar-refractivity contribution in [2.45, 2.75) is 25.6 Å². The van der Waals surface area contributed by atoms with Gasteiger partial charge in [0.2, 0.25) is 17.7 Å². The zero-order valence-electron chi connectivity index (χ0n) is 15.6. The first kappa shape index (κ1) is 21.5. The van der Waals surface area contributed by atoms with Crippen LogP contribution in [-0.4, -0.2) is 60.2 Å². The number of hydrogen-bond donors (Lipinski definition) is 1. The lowest BCUT2D eigenvalue weighted by Gasteiger charge is -2.23. The number of amides is 3. The van der Waals surface area contributed by atoms with E-state index < -0.39 is 17.6 Å². The van der Waals surface area contributed by atoms with Crippen molar-refractivity contribution in [1.29, 1.82) is 0 Å². The molecule has 0 saturated carbocycles. The smallest absolute Gasteiger partial charge is 0.343 e. The molecule has 1 aliphatic rings. The molecule has 1 aliphatic heterocycles. The second-order valence-corrected chi connectivity index (χ2v) is 6.58. The highest BCUT2D eigenvalue weighted by Crippen LogP contribution is 2.29. The second-order valence-electron chi connectivity index (χ2n) is 6.58. The molecule has 0 radical (unpaired) electrons. The maximum absolute atomic E-state index is 12.5. The first-order chi connectivity index (χ1) is 13.1. The molecule has 1 aromatic carbocycles. The molecule has 3 amide bonds. The molecule has 28 heavy (non-hydrogen) atoms. The predicted molar refractivity (Wildman–Crippen MR) is 96.9 cm³/mol. The molecule has 0 spiro atoms. The highest BCUT2D eigenvalue weighted by Gasteiger charge is 2.30. The van der Waals surface area contributed by atoms with E-state index in [1.807, 2.05) is 0 Å². The third kappa shape index (κ3) is 5.83. The Bertz CT molecular complexity index is 760. The zero-order valence-corrected chi connectivity index (χ0v) is 15.6. The number of carbonyl (C=O) groups excluding carboxylic acids is 3. The fourth-order valence-corrected chi connectivity index (χ4v) is 2.83. The number of likely N-dealkylation sites (N-methyl/N-ethyl adjacent to an activating group) is 1. The Balaban J connectivity index is 1.80. The Kier molecular flexibility index (Phi) is 6.82. The van der Waals surface area contributed by atoms with Crippen LogP contribution in [0.1, 0.15) is 24.5 Å². The van der Waals surface area contributed by atoms with E-state index in [0.29, 0.717) is 25.1 Å². The summed E-state index contributed by atoms with van der Waals surface area (Å²) in [5, 5.41) is 2.45. The molecule has 1 heterocycles. The summed E-state index contributed by atoms with van der Waals surface area (Å²) in [6, 6.07) is 4.35. The maximum Gasteiger partial charge on any atom is 0.416 e. The van der Waals surface area contributed by atoms with Crippen molar-refractivity contribution < 1.29 is 27.6 Å². The van der Waals surface area contributed by atoms with Gasteiger partial charge in [-0.15, -0.1) is 0 Å². The molecule has 1 N–H and O–H groups in total. The molecule has 1 aromatic rings. The minimum Gasteiger partial charge on any atom is -0.343 e. The monoisotopic (exact) mass is 397 g/mol. The summed E-state index contributed by atoms with van der Waals surface area (Å²) >= 11 is 0. The molecule has 9 heteroatoms. The molecule has 1 saturated heterocycles. The van der Waals surface area contributed by atoms with Gasteiger partial charge in [0.25, 0.3) is 0 Å². The number of hydrogen-bond acceptors (Lipinski definition) is 3. The van der Waals surface area contributed by atoms with Crippen molar-refractivity contribution in [3.8, 4) is 0 Å². The van der Waals surface area contributed by atoms with Gasteiger partial charge in [-0.05, 0) is 30.2 Å². The fraction of sp³-hybridized carbons (Fsp3) is 0.421. The molecule has 0 aliphatic carbocycles. The van der Waals surface area contributed by atoms with E-state index in [1.54, 1.807) is 16.8 Å². The molecule has 0 unspecified atom stereocenters. The largest absolute Gasteiger partial charge is 0.416 e. The Morgan fingerprint density at radius 3 is 2.46 bits per heavy atom.